The summed E-state index contributed by atoms with van der Waals surface area (Å²) in [5.41, 5.74) is 1.45. The number of amides is 1. The lowest BCUT2D eigenvalue weighted by atomic mass is 10.1. The predicted molar refractivity (Wildman–Crippen MR) is 70.4 cm³/mol. The van der Waals surface area contributed by atoms with Gasteiger partial charge in [0.25, 0.3) is 0 Å². The van der Waals surface area contributed by atoms with Crippen molar-refractivity contribution in [3.8, 4) is 0 Å². The number of nitrogens with zero attached hydrogens (tertiary/aromatic N) is 3. The maximum atomic E-state index is 12.1. The molecule has 18 heavy (non-hydrogen) atoms. The monoisotopic (exact) mass is 246 g/mol. The number of aromatic nitrogens is 3. The van der Waals surface area contributed by atoms with Gasteiger partial charge in [-0.1, -0.05) is 31.2 Å². The lowest BCUT2D eigenvalue weighted by Crippen LogP contribution is -2.37. The zero-order valence-corrected chi connectivity index (χ0v) is 10.9. The van der Waals surface area contributed by atoms with Crippen molar-refractivity contribution in [1.29, 1.82) is 0 Å². The quantitative estimate of drug-likeness (QED) is 0.904. The normalized spacial score (nSPS) is 12.9. The first-order valence-electron chi connectivity index (χ1n) is 6.19. The summed E-state index contributed by atoms with van der Waals surface area (Å²) in [5, 5.41) is 10.8. The average molecular weight is 246 g/mol. The Morgan fingerprint density at radius 1 is 1.33 bits per heavy atom. The van der Waals surface area contributed by atoms with Crippen molar-refractivity contribution in [3.63, 3.8) is 0 Å². The summed E-state index contributed by atoms with van der Waals surface area (Å²) in [4.78, 5) is 12.1. The molecule has 2 aromatic rings. The second kappa shape index (κ2) is 5.16. The largest absolute Gasteiger partial charge is 0.344 e. The summed E-state index contributed by atoms with van der Waals surface area (Å²) in [6.45, 7) is 6.26. The Kier molecular flexibility index (Phi) is 3.60. The Morgan fingerprint density at radius 2 is 2.06 bits per heavy atom. The number of nitrogens with one attached hydrogen (secondary N) is 1. The minimum Gasteiger partial charge on any atom is -0.334 e. The number of hydrogen-bond acceptors (Lipinski definition) is 3. The van der Waals surface area contributed by atoms with E-state index in [4.69, 9.17) is 0 Å². The highest BCUT2D eigenvalue weighted by Gasteiger charge is 2.14. The SMILES string of the molecule is CC(C)CC(C)NC(=O)n1nnc2ccccc21. The Morgan fingerprint density at radius 3 is 2.78 bits per heavy atom. The molecule has 0 aliphatic heterocycles. The zero-order chi connectivity index (χ0) is 13.1. The van der Waals surface area contributed by atoms with Crippen LogP contribution in [0.1, 0.15) is 27.2 Å². The molecule has 1 aromatic carbocycles. The third kappa shape index (κ3) is 2.67. The van der Waals surface area contributed by atoms with Gasteiger partial charge in [-0.05, 0) is 31.4 Å². The van der Waals surface area contributed by atoms with Crippen LogP contribution in [-0.4, -0.2) is 27.1 Å². The van der Waals surface area contributed by atoms with Gasteiger partial charge in [0.15, 0.2) is 0 Å². The molecule has 0 aliphatic carbocycles. The summed E-state index contributed by atoms with van der Waals surface area (Å²) in [6, 6.07) is 7.32. The van der Waals surface area contributed by atoms with Crippen molar-refractivity contribution in [1.82, 2.24) is 20.3 Å². The van der Waals surface area contributed by atoms with Gasteiger partial charge in [-0.15, -0.1) is 5.10 Å². The van der Waals surface area contributed by atoms with Gasteiger partial charge in [-0.3, -0.25) is 0 Å². The van der Waals surface area contributed by atoms with Crippen molar-refractivity contribution in [2.45, 2.75) is 33.2 Å². The van der Waals surface area contributed by atoms with Crippen molar-refractivity contribution in [2.75, 3.05) is 0 Å². The van der Waals surface area contributed by atoms with E-state index >= 15 is 0 Å². The fourth-order valence-electron chi connectivity index (χ4n) is 2.06. The van der Waals surface area contributed by atoms with Crippen molar-refractivity contribution in [2.24, 2.45) is 5.92 Å². The van der Waals surface area contributed by atoms with E-state index in [1.165, 1.54) is 4.68 Å². The van der Waals surface area contributed by atoms with Gasteiger partial charge in [0.05, 0.1) is 5.52 Å². The Bertz CT molecular complexity index is 547. The maximum Gasteiger partial charge on any atom is 0.344 e. The van der Waals surface area contributed by atoms with E-state index in [1.54, 1.807) is 0 Å². The topological polar surface area (TPSA) is 59.8 Å². The highest BCUT2D eigenvalue weighted by Crippen LogP contribution is 2.10. The minimum absolute atomic E-state index is 0.125. The van der Waals surface area contributed by atoms with Gasteiger partial charge >= 0.3 is 6.03 Å². The molecule has 1 atom stereocenters. The van der Waals surface area contributed by atoms with Crippen LogP contribution in [0.4, 0.5) is 4.79 Å². The van der Waals surface area contributed by atoms with Crippen molar-refractivity contribution < 1.29 is 4.79 Å². The predicted octanol–water partition coefficient (Wildman–Crippen LogP) is 2.42. The van der Waals surface area contributed by atoms with Crippen LogP contribution >= 0.6 is 0 Å². The second-order valence-corrected chi connectivity index (χ2v) is 4.97. The van der Waals surface area contributed by atoms with Gasteiger partial charge in [-0.2, -0.15) is 4.68 Å². The van der Waals surface area contributed by atoms with E-state index in [2.05, 4.69) is 29.5 Å². The third-order valence-electron chi connectivity index (χ3n) is 2.74. The molecule has 1 aromatic heterocycles. The summed E-state index contributed by atoms with van der Waals surface area (Å²) in [5.74, 6) is 0.549. The molecular weight excluding hydrogens is 228 g/mol. The molecule has 1 unspecified atom stereocenters. The first-order chi connectivity index (χ1) is 8.58. The van der Waals surface area contributed by atoms with Crippen LogP contribution in [0.25, 0.3) is 11.0 Å². The van der Waals surface area contributed by atoms with Gasteiger partial charge in [0, 0.05) is 6.04 Å². The van der Waals surface area contributed by atoms with Crippen LogP contribution < -0.4 is 5.32 Å². The van der Waals surface area contributed by atoms with Gasteiger partial charge in [0.1, 0.15) is 5.52 Å². The molecule has 1 N–H and O–H groups in total. The summed E-state index contributed by atoms with van der Waals surface area (Å²) in [6.07, 6.45) is 0.943. The highest BCUT2D eigenvalue weighted by molar-refractivity contribution is 5.87. The standard InChI is InChI=1S/C13H18N4O/c1-9(2)8-10(3)14-13(18)17-12-7-5-4-6-11(12)15-16-17/h4-7,9-10H,8H2,1-3H3,(H,14,18). The molecule has 0 radical (unpaired) electrons. The van der Waals surface area contributed by atoms with E-state index in [0.717, 1.165) is 17.5 Å². The number of carbonyl (C=O) groups excluding carboxylic acids is 1. The van der Waals surface area contributed by atoms with E-state index < -0.39 is 0 Å². The molecule has 5 heteroatoms. The Balaban J connectivity index is 2.14. The van der Waals surface area contributed by atoms with Crippen LogP contribution in [-0.2, 0) is 0 Å². The van der Waals surface area contributed by atoms with E-state index in [1.807, 2.05) is 31.2 Å². The number of para-hydroxylation sites is 1. The Labute approximate surface area is 106 Å². The number of hydrogen-bond donors (Lipinski definition) is 1. The zero-order valence-electron chi connectivity index (χ0n) is 10.9. The molecule has 0 fully saturated rings. The lowest BCUT2D eigenvalue weighted by molar-refractivity contribution is 0.235. The maximum absolute atomic E-state index is 12.1. The van der Waals surface area contributed by atoms with Crippen LogP contribution in [0.2, 0.25) is 0 Å². The molecule has 0 saturated carbocycles. The van der Waals surface area contributed by atoms with Crippen LogP contribution in [0.5, 0.6) is 0 Å². The van der Waals surface area contributed by atoms with Gasteiger partial charge < -0.3 is 5.32 Å². The lowest BCUT2D eigenvalue weighted by Gasteiger charge is -2.15. The van der Waals surface area contributed by atoms with Crippen LogP contribution in [0, 0.1) is 5.92 Å². The smallest absolute Gasteiger partial charge is 0.334 e. The second-order valence-electron chi connectivity index (χ2n) is 4.97. The number of benzene rings is 1. The molecule has 1 heterocycles. The molecule has 96 valence electrons. The van der Waals surface area contributed by atoms with Gasteiger partial charge in [0.2, 0.25) is 0 Å². The molecule has 5 nitrogen and oxygen atoms in total. The number of carbonyl (C=O) groups is 1. The van der Waals surface area contributed by atoms with Crippen LogP contribution in [0.3, 0.4) is 0 Å². The van der Waals surface area contributed by atoms with Crippen LogP contribution in [0.15, 0.2) is 24.3 Å². The number of fused-ring (bicyclic) bond motifs is 1. The molecule has 0 spiro atoms. The van der Waals surface area contributed by atoms with Gasteiger partial charge in [-0.25, -0.2) is 4.79 Å². The fourth-order valence-corrected chi connectivity index (χ4v) is 2.06. The average Bonchev–Trinajstić information content (AvgIpc) is 2.71. The number of rotatable bonds is 3. The fraction of sp³-hybridized carbons (Fsp3) is 0.462. The van der Waals surface area contributed by atoms with Crippen molar-refractivity contribution in [3.05, 3.63) is 24.3 Å². The summed E-state index contributed by atoms with van der Waals surface area (Å²) >= 11 is 0. The Hall–Kier alpha value is -1.91. The van der Waals surface area contributed by atoms with E-state index in [9.17, 15) is 4.79 Å². The summed E-state index contributed by atoms with van der Waals surface area (Å²) in [7, 11) is 0. The molecule has 0 aliphatic rings. The molecular formula is C13H18N4O. The van der Waals surface area contributed by atoms with E-state index in [0.29, 0.717) is 5.92 Å². The third-order valence-corrected chi connectivity index (χ3v) is 2.74. The minimum atomic E-state index is -0.225. The first-order valence-corrected chi connectivity index (χ1v) is 6.19. The first kappa shape index (κ1) is 12.5. The highest BCUT2D eigenvalue weighted by atomic mass is 16.2. The molecule has 1 amide bonds. The molecule has 2 rings (SSSR count). The van der Waals surface area contributed by atoms with Crippen molar-refractivity contribution >= 4 is 17.1 Å². The molecule has 0 bridgehead atoms. The van der Waals surface area contributed by atoms with E-state index in [-0.39, 0.29) is 12.1 Å². The molecule has 0 saturated heterocycles. The summed E-state index contributed by atoms with van der Waals surface area (Å²) < 4.78 is 1.31.